The van der Waals surface area contributed by atoms with E-state index in [1.54, 1.807) is 43.3 Å². The van der Waals surface area contributed by atoms with Crippen LogP contribution in [0.15, 0.2) is 42.5 Å². The van der Waals surface area contributed by atoms with Crippen molar-refractivity contribution in [3.8, 4) is 11.5 Å². The van der Waals surface area contributed by atoms with Crippen molar-refractivity contribution in [2.24, 2.45) is 0 Å². The first-order valence-electron chi connectivity index (χ1n) is 9.07. The lowest BCUT2D eigenvalue weighted by atomic mass is 10.1. The molecule has 0 spiro atoms. The van der Waals surface area contributed by atoms with Crippen LogP contribution in [0.1, 0.15) is 29.8 Å². The normalized spacial score (nSPS) is 12.9. The van der Waals surface area contributed by atoms with Gasteiger partial charge in [0.25, 0.3) is 5.91 Å². The Labute approximate surface area is 168 Å². The Morgan fingerprint density at radius 3 is 2.31 bits per heavy atom. The van der Waals surface area contributed by atoms with Crippen molar-refractivity contribution in [2.45, 2.75) is 33.0 Å². The summed E-state index contributed by atoms with van der Waals surface area (Å²) in [7, 11) is 3.24. The molecule has 29 heavy (non-hydrogen) atoms. The summed E-state index contributed by atoms with van der Waals surface area (Å²) in [4.78, 5) is 24.8. The molecule has 0 aliphatic heterocycles. The lowest BCUT2D eigenvalue weighted by Gasteiger charge is -2.21. The van der Waals surface area contributed by atoms with Crippen molar-refractivity contribution in [3.05, 3.63) is 53.6 Å². The quantitative estimate of drug-likeness (QED) is 0.627. The third kappa shape index (κ3) is 6.25. The lowest BCUT2D eigenvalue weighted by Crippen LogP contribution is -3.12. The van der Waals surface area contributed by atoms with Gasteiger partial charge in [0.05, 0.1) is 14.2 Å². The molecule has 0 bridgehead atoms. The van der Waals surface area contributed by atoms with Crippen LogP contribution in [0.4, 0.5) is 14.5 Å². The summed E-state index contributed by atoms with van der Waals surface area (Å²) in [5, 5.41) is 2.83. The number of anilines is 1. The zero-order chi connectivity index (χ0) is 21.6. The summed E-state index contributed by atoms with van der Waals surface area (Å²) in [6.45, 7) is 0.814. The van der Waals surface area contributed by atoms with E-state index in [4.69, 9.17) is 4.74 Å². The Hall–Kier alpha value is -3.00. The number of nitrogens with one attached hydrogen (secondary N) is 2. The maximum absolute atomic E-state index is 12.5. The fraction of sp³-hybridized carbons (Fsp3) is 0.333. The van der Waals surface area contributed by atoms with Crippen LogP contribution in [-0.2, 0) is 11.3 Å². The Morgan fingerprint density at radius 1 is 1.10 bits per heavy atom. The van der Waals surface area contributed by atoms with Gasteiger partial charge in [-0.3, -0.25) is 9.59 Å². The number of amides is 1. The highest BCUT2D eigenvalue weighted by Gasteiger charge is 2.23. The van der Waals surface area contributed by atoms with Gasteiger partial charge in [-0.2, -0.15) is 8.78 Å². The molecule has 1 unspecified atom stereocenters. The number of likely N-dealkylation sites (N-methyl/N-ethyl adjacent to an activating group) is 1. The predicted octanol–water partition coefficient (Wildman–Crippen LogP) is 2.54. The number of benzene rings is 2. The van der Waals surface area contributed by atoms with Crippen LogP contribution in [0.2, 0.25) is 0 Å². The fourth-order valence-corrected chi connectivity index (χ4v) is 2.75. The zero-order valence-electron chi connectivity index (χ0n) is 16.8. The molecule has 1 amide bonds. The molecule has 6 nitrogen and oxygen atoms in total. The molecule has 0 aromatic heterocycles. The minimum atomic E-state index is -2.93. The number of carbonyl (C=O) groups excluding carboxylic acids is 2. The van der Waals surface area contributed by atoms with Crippen LogP contribution < -0.4 is 19.7 Å². The summed E-state index contributed by atoms with van der Waals surface area (Å²) < 4.78 is 34.4. The molecular weight excluding hydrogens is 382 g/mol. The molecule has 0 radical (unpaired) electrons. The van der Waals surface area contributed by atoms with Gasteiger partial charge in [0, 0.05) is 16.8 Å². The number of carbonyl (C=O) groups is 2. The second kappa shape index (κ2) is 9.97. The largest absolute Gasteiger partial charge is 0.493 e. The van der Waals surface area contributed by atoms with Gasteiger partial charge in [0.2, 0.25) is 0 Å². The van der Waals surface area contributed by atoms with Crippen LogP contribution in [0.25, 0.3) is 0 Å². The van der Waals surface area contributed by atoms with E-state index >= 15 is 0 Å². The van der Waals surface area contributed by atoms with Crippen molar-refractivity contribution in [1.29, 1.82) is 0 Å². The number of hydrogen-bond donors (Lipinski definition) is 2. The number of halogens is 2. The smallest absolute Gasteiger partial charge is 0.387 e. The Balaban J connectivity index is 2.01. The lowest BCUT2D eigenvalue weighted by molar-refractivity contribution is -0.907. The van der Waals surface area contributed by atoms with Crippen molar-refractivity contribution in [3.63, 3.8) is 0 Å². The predicted molar refractivity (Wildman–Crippen MR) is 105 cm³/mol. The van der Waals surface area contributed by atoms with Gasteiger partial charge >= 0.3 is 6.61 Å². The van der Waals surface area contributed by atoms with E-state index < -0.39 is 6.61 Å². The number of quaternary nitrogens is 1. The van der Waals surface area contributed by atoms with Crippen LogP contribution in [0, 0.1) is 0 Å². The second-order valence-electron chi connectivity index (χ2n) is 6.73. The van der Waals surface area contributed by atoms with E-state index in [-0.39, 0.29) is 29.2 Å². The molecule has 8 heteroatoms. The molecule has 2 aromatic carbocycles. The topological polar surface area (TPSA) is 69.1 Å². The monoisotopic (exact) mass is 407 g/mol. The summed E-state index contributed by atoms with van der Waals surface area (Å²) in [6.07, 6.45) is 0. The average Bonchev–Trinajstić information content (AvgIpc) is 2.68. The number of methoxy groups -OCH3 is 1. The first-order chi connectivity index (χ1) is 13.7. The molecule has 2 atom stereocenters. The zero-order valence-corrected chi connectivity index (χ0v) is 16.8. The van der Waals surface area contributed by atoms with E-state index in [1.807, 2.05) is 7.05 Å². The van der Waals surface area contributed by atoms with Crippen molar-refractivity contribution in [1.82, 2.24) is 0 Å². The van der Waals surface area contributed by atoms with Crippen LogP contribution in [0.3, 0.4) is 0 Å². The van der Waals surface area contributed by atoms with Crippen LogP contribution in [-0.4, -0.2) is 38.5 Å². The van der Waals surface area contributed by atoms with Gasteiger partial charge in [0.15, 0.2) is 23.3 Å². The average molecular weight is 407 g/mol. The van der Waals surface area contributed by atoms with Crippen molar-refractivity contribution >= 4 is 17.4 Å². The van der Waals surface area contributed by atoms with Gasteiger partial charge in [-0.1, -0.05) is 0 Å². The van der Waals surface area contributed by atoms with Gasteiger partial charge in [-0.15, -0.1) is 0 Å². The van der Waals surface area contributed by atoms with E-state index in [9.17, 15) is 18.4 Å². The van der Waals surface area contributed by atoms with Crippen LogP contribution >= 0.6 is 0 Å². The molecule has 0 fully saturated rings. The number of Topliss-reactive ketones (excluding diaryl/α,β-unsaturated/α-hetero) is 1. The maximum atomic E-state index is 12.5. The first-order valence-corrected chi connectivity index (χ1v) is 9.07. The maximum Gasteiger partial charge on any atom is 0.387 e. The molecule has 2 rings (SSSR count). The van der Waals surface area contributed by atoms with Gasteiger partial charge < -0.3 is 19.7 Å². The minimum Gasteiger partial charge on any atom is -0.493 e. The molecule has 0 aliphatic carbocycles. The molecule has 2 N–H and O–H groups in total. The van der Waals surface area contributed by atoms with Crippen LogP contribution in [0.5, 0.6) is 11.5 Å². The number of hydrogen-bond acceptors (Lipinski definition) is 4. The highest BCUT2D eigenvalue weighted by Crippen LogP contribution is 2.29. The summed E-state index contributed by atoms with van der Waals surface area (Å²) in [6, 6.07) is 11.0. The molecule has 156 valence electrons. The first kappa shape index (κ1) is 22.3. The number of ether oxygens (including phenoxy) is 2. The number of alkyl halides is 2. The molecule has 0 saturated heterocycles. The molecular formula is C21H25F2N2O4+. The van der Waals surface area contributed by atoms with Gasteiger partial charge in [-0.25, -0.2) is 0 Å². The fourth-order valence-electron chi connectivity index (χ4n) is 2.75. The van der Waals surface area contributed by atoms with E-state index in [2.05, 4.69) is 10.1 Å². The minimum absolute atomic E-state index is 0.0382. The Kier molecular flexibility index (Phi) is 7.67. The Morgan fingerprint density at radius 2 is 1.76 bits per heavy atom. The summed E-state index contributed by atoms with van der Waals surface area (Å²) in [5.74, 6) is -0.0505. The molecule has 2 aromatic rings. The third-order valence-corrected chi connectivity index (χ3v) is 4.62. The SMILES string of the molecule is COc1cc(C[NH+](C)[C@@H](C)C(=O)Nc2ccc(C(C)=O)cc2)ccc1OC(F)F. The van der Waals surface area contributed by atoms with E-state index in [1.165, 1.54) is 20.1 Å². The highest BCUT2D eigenvalue weighted by atomic mass is 19.3. The summed E-state index contributed by atoms with van der Waals surface area (Å²) in [5.41, 5.74) is 1.99. The summed E-state index contributed by atoms with van der Waals surface area (Å²) >= 11 is 0. The Bertz CT molecular complexity index is 856. The van der Waals surface area contributed by atoms with Crippen molar-refractivity contribution in [2.75, 3.05) is 19.5 Å². The molecule has 0 saturated carbocycles. The standard InChI is InChI=1S/C21H24F2N2O4/c1-13(20(27)24-17-8-6-16(7-9-17)14(2)26)25(3)12-15-5-10-18(29-21(22)23)19(11-15)28-4/h5-11,13,21H,12H2,1-4H3,(H,24,27)/p+1/t13-/m0/s1. The van der Waals surface area contributed by atoms with E-state index in [0.29, 0.717) is 17.8 Å². The molecule has 0 heterocycles. The number of rotatable bonds is 9. The van der Waals surface area contributed by atoms with E-state index in [0.717, 1.165) is 10.5 Å². The number of ketones is 1. The third-order valence-electron chi connectivity index (χ3n) is 4.62. The van der Waals surface area contributed by atoms with Gasteiger partial charge in [-0.05, 0) is 56.3 Å². The second-order valence-corrected chi connectivity index (χ2v) is 6.73. The highest BCUT2D eigenvalue weighted by molar-refractivity contribution is 5.96. The molecule has 0 aliphatic rings. The van der Waals surface area contributed by atoms with Gasteiger partial charge in [0.1, 0.15) is 6.54 Å². The van der Waals surface area contributed by atoms with Crippen molar-refractivity contribution < 1.29 is 32.7 Å².